The summed E-state index contributed by atoms with van der Waals surface area (Å²) in [6.07, 6.45) is -1.78. The maximum atomic E-state index is 12.2. The van der Waals surface area contributed by atoms with Crippen LogP contribution in [0.1, 0.15) is 12.5 Å². The van der Waals surface area contributed by atoms with Crippen LogP contribution in [0.25, 0.3) is 0 Å². The van der Waals surface area contributed by atoms with Gasteiger partial charge in [0.25, 0.3) is 6.43 Å². The first kappa shape index (κ1) is 14.4. The average Bonchev–Trinajstić information content (AvgIpc) is 2.30. The third kappa shape index (κ3) is 4.98. The largest absolute Gasteiger partial charge is 0.329 e. The normalized spacial score (nSPS) is 14.9. The molecule has 0 aromatic heterocycles. The van der Waals surface area contributed by atoms with E-state index in [1.807, 2.05) is 19.1 Å². The third-order valence-corrected chi connectivity index (χ3v) is 2.89. The first-order valence-electron chi connectivity index (χ1n) is 5.43. The van der Waals surface area contributed by atoms with Crippen LogP contribution in [0.3, 0.4) is 0 Å². The summed E-state index contributed by atoms with van der Waals surface area (Å²) >= 11 is 5.78. The molecule has 0 spiro atoms. The van der Waals surface area contributed by atoms with Crippen LogP contribution in [0.4, 0.5) is 8.78 Å². The number of hydrogen-bond donors (Lipinski definition) is 2. The number of hydrogen-bond acceptors (Lipinski definition) is 2. The van der Waals surface area contributed by atoms with Crippen molar-refractivity contribution in [2.75, 3.05) is 13.1 Å². The molecule has 1 unspecified atom stereocenters. The van der Waals surface area contributed by atoms with E-state index in [9.17, 15) is 8.78 Å². The van der Waals surface area contributed by atoms with E-state index in [1.54, 1.807) is 12.1 Å². The summed E-state index contributed by atoms with van der Waals surface area (Å²) in [5.41, 5.74) is 6.13. The number of alkyl halides is 2. The number of benzene rings is 1. The SMILES string of the molecule is CC(CN)(Cc1ccc(Cl)cc1)NCC(F)F. The molecule has 1 rings (SSSR count). The van der Waals surface area contributed by atoms with Gasteiger partial charge >= 0.3 is 0 Å². The molecule has 5 heteroatoms. The summed E-state index contributed by atoms with van der Waals surface area (Å²) in [5.74, 6) is 0. The van der Waals surface area contributed by atoms with Crippen molar-refractivity contribution < 1.29 is 8.78 Å². The van der Waals surface area contributed by atoms with E-state index in [0.717, 1.165) is 5.56 Å². The van der Waals surface area contributed by atoms with Crippen molar-refractivity contribution in [2.45, 2.75) is 25.3 Å². The van der Waals surface area contributed by atoms with Crippen molar-refractivity contribution in [3.05, 3.63) is 34.9 Å². The number of nitrogens with one attached hydrogen (secondary N) is 1. The summed E-state index contributed by atoms with van der Waals surface area (Å²) in [7, 11) is 0. The highest BCUT2D eigenvalue weighted by molar-refractivity contribution is 6.30. The zero-order chi connectivity index (χ0) is 12.9. The molecule has 0 heterocycles. The standard InChI is InChI=1S/C12H17ClF2N2/c1-12(8-16,17-7-11(14)15)6-9-2-4-10(13)5-3-9/h2-5,11,17H,6-8,16H2,1H3. The van der Waals surface area contributed by atoms with Crippen LogP contribution in [0.2, 0.25) is 5.02 Å². The molecule has 0 aliphatic heterocycles. The minimum absolute atomic E-state index is 0.294. The molecule has 3 N–H and O–H groups in total. The molecule has 0 amide bonds. The van der Waals surface area contributed by atoms with Crippen LogP contribution in [-0.4, -0.2) is 25.1 Å². The summed E-state index contributed by atoms with van der Waals surface area (Å²) in [4.78, 5) is 0. The summed E-state index contributed by atoms with van der Waals surface area (Å²) < 4.78 is 24.3. The second-order valence-electron chi connectivity index (χ2n) is 4.34. The molecule has 0 bridgehead atoms. The van der Waals surface area contributed by atoms with Crippen LogP contribution in [0.5, 0.6) is 0 Å². The van der Waals surface area contributed by atoms with Gasteiger partial charge in [-0.2, -0.15) is 0 Å². The molecule has 0 saturated heterocycles. The van der Waals surface area contributed by atoms with Crippen LogP contribution >= 0.6 is 11.6 Å². The van der Waals surface area contributed by atoms with Gasteiger partial charge in [0.1, 0.15) is 0 Å². The number of halogens is 3. The Morgan fingerprint density at radius 3 is 2.41 bits per heavy atom. The predicted octanol–water partition coefficient (Wildman–Crippen LogP) is 2.45. The van der Waals surface area contributed by atoms with Crippen molar-refractivity contribution >= 4 is 11.6 Å². The van der Waals surface area contributed by atoms with Gasteiger partial charge < -0.3 is 11.1 Å². The fourth-order valence-electron chi connectivity index (χ4n) is 1.58. The minimum atomic E-state index is -2.37. The smallest absolute Gasteiger partial charge is 0.250 e. The van der Waals surface area contributed by atoms with Gasteiger partial charge in [0.15, 0.2) is 0 Å². The lowest BCUT2D eigenvalue weighted by Gasteiger charge is -2.29. The molecule has 1 atom stereocenters. The molecular formula is C12H17ClF2N2. The van der Waals surface area contributed by atoms with Gasteiger partial charge in [-0.1, -0.05) is 23.7 Å². The highest BCUT2D eigenvalue weighted by Gasteiger charge is 2.23. The second kappa shape index (κ2) is 6.28. The molecule has 1 aromatic rings. The van der Waals surface area contributed by atoms with Crippen LogP contribution in [0, 0.1) is 0 Å². The molecule has 17 heavy (non-hydrogen) atoms. The zero-order valence-corrected chi connectivity index (χ0v) is 10.5. The van der Waals surface area contributed by atoms with Gasteiger partial charge in [-0.25, -0.2) is 8.78 Å². The molecule has 0 aliphatic carbocycles. The van der Waals surface area contributed by atoms with Crippen LogP contribution in [-0.2, 0) is 6.42 Å². The molecule has 2 nitrogen and oxygen atoms in total. The maximum absolute atomic E-state index is 12.2. The Balaban J connectivity index is 2.64. The fourth-order valence-corrected chi connectivity index (χ4v) is 1.71. The van der Waals surface area contributed by atoms with E-state index in [0.29, 0.717) is 18.0 Å². The van der Waals surface area contributed by atoms with Gasteiger partial charge in [0.05, 0.1) is 6.54 Å². The van der Waals surface area contributed by atoms with E-state index in [2.05, 4.69) is 5.32 Å². The van der Waals surface area contributed by atoms with Gasteiger partial charge in [0.2, 0.25) is 0 Å². The first-order valence-corrected chi connectivity index (χ1v) is 5.81. The van der Waals surface area contributed by atoms with Crippen molar-refractivity contribution in [3.63, 3.8) is 0 Å². The topological polar surface area (TPSA) is 38.0 Å². The molecule has 0 fully saturated rings. The highest BCUT2D eigenvalue weighted by atomic mass is 35.5. The molecule has 0 radical (unpaired) electrons. The minimum Gasteiger partial charge on any atom is -0.329 e. The summed E-state index contributed by atoms with van der Waals surface area (Å²) in [6.45, 7) is 1.79. The Kier molecular flexibility index (Phi) is 5.31. The van der Waals surface area contributed by atoms with Crippen molar-refractivity contribution in [1.82, 2.24) is 5.32 Å². The third-order valence-electron chi connectivity index (χ3n) is 2.64. The zero-order valence-electron chi connectivity index (χ0n) is 9.72. The van der Waals surface area contributed by atoms with Crippen LogP contribution < -0.4 is 11.1 Å². The fraction of sp³-hybridized carbons (Fsp3) is 0.500. The number of nitrogens with two attached hydrogens (primary N) is 1. The second-order valence-corrected chi connectivity index (χ2v) is 4.78. The summed E-state index contributed by atoms with van der Waals surface area (Å²) in [5, 5.41) is 3.46. The van der Waals surface area contributed by atoms with Gasteiger partial charge in [0, 0.05) is 17.1 Å². The van der Waals surface area contributed by atoms with Crippen molar-refractivity contribution in [2.24, 2.45) is 5.73 Å². The predicted molar refractivity (Wildman–Crippen MR) is 66.6 cm³/mol. The van der Waals surface area contributed by atoms with Gasteiger partial charge in [-0.05, 0) is 31.0 Å². The monoisotopic (exact) mass is 262 g/mol. The quantitative estimate of drug-likeness (QED) is 0.827. The van der Waals surface area contributed by atoms with E-state index in [1.165, 1.54) is 0 Å². The van der Waals surface area contributed by atoms with Crippen molar-refractivity contribution in [1.29, 1.82) is 0 Å². The lowest BCUT2D eigenvalue weighted by Crippen LogP contribution is -2.51. The molecule has 1 aromatic carbocycles. The van der Waals surface area contributed by atoms with Crippen LogP contribution in [0.15, 0.2) is 24.3 Å². The molecular weight excluding hydrogens is 246 g/mol. The molecule has 0 saturated carbocycles. The number of rotatable bonds is 6. The lowest BCUT2D eigenvalue weighted by molar-refractivity contribution is 0.132. The lowest BCUT2D eigenvalue weighted by atomic mass is 9.93. The van der Waals surface area contributed by atoms with E-state index < -0.39 is 12.0 Å². The Hall–Kier alpha value is -0.710. The first-order chi connectivity index (χ1) is 7.95. The van der Waals surface area contributed by atoms with E-state index in [4.69, 9.17) is 17.3 Å². The van der Waals surface area contributed by atoms with Crippen molar-refractivity contribution in [3.8, 4) is 0 Å². The van der Waals surface area contributed by atoms with Gasteiger partial charge in [-0.3, -0.25) is 0 Å². The van der Waals surface area contributed by atoms with Gasteiger partial charge in [-0.15, -0.1) is 0 Å². The summed E-state index contributed by atoms with van der Waals surface area (Å²) in [6, 6.07) is 7.31. The van der Waals surface area contributed by atoms with E-state index in [-0.39, 0.29) is 6.54 Å². The molecule has 96 valence electrons. The maximum Gasteiger partial charge on any atom is 0.250 e. The Morgan fingerprint density at radius 1 is 1.35 bits per heavy atom. The average molecular weight is 263 g/mol. The Bertz CT molecular complexity index is 343. The highest BCUT2D eigenvalue weighted by Crippen LogP contribution is 2.15. The Labute approximate surface area is 105 Å². The Morgan fingerprint density at radius 2 is 1.94 bits per heavy atom. The van der Waals surface area contributed by atoms with E-state index >= 15 is 0 Å². The molecule has 0 aliphatic rings.